The number of nitrogens with one attached hydrogen (secondary N) is 1. The highest BCUT2D eigenvalue weighted by atomic mass is 16.5. The second-order valence-corrected chi connectivity index (χ2v) is 6.09. The summed E-state index contributed by atoms with van der Waals surface area (Å²) in [6.45, 7) is 5.08. The van der Waals surface area contributed by atoms with Crippen LogP contribution in [0.2, 0.25) is 0 Å². The van der Waals surface area contributed by atoms with Gasteiger partial charge in [-0.3, -0.25) is 4.79 Å². The average Bonchev–Trinajstić information content (AvgIpc) is 2.74. The molecule has 7 heteroatoms. The zero-order chi connectivity index (χ0) is 20.9. The van der Waals surface area contributed by atoms with E-state index in [0.717, 1.165) is 18.6 Å². The van der Waals surface area contributed by atoms with Gasteiger partial charge in [-0.2, -0.15) is 5.10 Å². The third-order valence-electron chi connectivity index (χ3n) is 3.87. The molecular formula is C22H28N2O5. The van der Waals surface area contributed by atoms with Crippen LogP contribution in [-0.4, -0.2) is 39.1 Å². The standard InChI is InChI=1S/C22H28N2O5/c1-4-6-13-28-18-7-9-19(10-8-18)29-16-22(25)24-23-15-17-14-20(26-3)11-12-21(17)27-5-2/h7-12,14-15H,4-6,13,16H2,1-3H3,(H,24,25)/b23-15+. The summed E-state index contributed by atoms with van der Waals surface area (Å²) in [6, 6.07) is 12.5. The van der Waals surface area contributed by atoms with Crippen molar-refractivity contribution in [3.8, 4) is 23.0 Å². The molecular weight excluding hydrogens is 372 g/mol. The molecule has 0 atom stereocenters. The number of hydrogen-bond donors (Lipinski definition) is 1. The second-order valence-electron chi connectivity index (χ2n) is 6.09. The highest BCUT2D eigenvalue weighted by molar-refractivity contribution is 5.86. The molecule has 2 aromatic rings. The van der Waals surface area contributed by atoms with E-state index >= 15 is 0 Å². The number of nitrogens with zero attached hydrogens (tertiary/aromatic N) is 1. The number of carbonyl (C=O) groups excluding carboxylic acids is 1. The van der Waals surface area contributed by atoms with Crippen molar-refractivity contribution in [2.24, 2.45) is 5.10 Å². The van der Waals surface area contributed by atoms with E-state index < -0.39 is 0 Å². The van der Waals surface area contributed by atoms with E-state index in [1.807, 2.05) is 19.1 Å². The molecule has 0 aromatic heterocycles. The Hall–Kier alpha value is -3.22. The van der Waals surface area contributed by atoms with Crippen LogP contribution in [0.25, 0.3) is 0 Å². The van der Waals surface area contributed by atoms with Gasteiger partial charge in [-0.05, 0) is 55.8 Å². The molecule has 0 radical (unpaired) electrons. The quantitative estimate of drug-likeness (QED) is 0.333. The number of benzene rings is 2. The number of ether oxygens (including phenoxy) is 4. The van der Waals surface area contributed by atoms with Crippen LogP contribution in [0, 0.1) is 0 Å². The number of amides is 1. The summed E-state index contributed by atoms with van der Waals surface area (Å²) < 4.78 is 21.8. The summed E-state index contributed by atoms with van der Waals surface area (Å²) in [5.41, 5.74) is 3.14. The minimum atomic E-state index is -0.370. The molecule has 0 aliphatic carbocycles. The summed E-state index contributed by atoms with van der Waals surface area (Å²) in [7, 11) is 1.58. The van der Waals surface area contributed by atoms with Crippen molar-refractivity contribution in [1.29, 1.82) is 0 Å². The number of hydrogen-bond acceptors (Lipinski definition) is 6. The minimum Gasteiger partial charge on any atom is -0.497 e. The summed E-state index contributed by atoms with van der Waals surface area (Å²) in [4.78, 5) is 12.0. The number of unbranched alkanes of at least 4 members (excludes halogenated alkanes) is 1. The minimum absolute atomic E-state index is 0.149. The van der Waals surface area contributed by atoms with E-state index in [9.17, 15) is 4.79 Å². The first kappa shape index (κ1) is 22.1. The van der Waals surface area contributed by atoms with Crippen LogP contribution in [0.1, 0.15) is 32.3 Å². The lowest BCUT2D eigenvalue weighted by molar-refractivity contribution is -0.123. The number of methoxy groups -OCH3 is 1. The largest absolute Gasteiger partial charge is 0.497 e. The smallest absolute Gasteiger partial charge is 0.277 e. The first-order chi connectivity index (χ1) is 14.2. The second kappa shape index (κ2) is 12.3. The van der Waals surface area contributed by atoms with Crippen molar-refractivity contribution in [2.45, 2.75) is 26.7 Å². The van der Waals surface area contributed by atoms with Crippen molar-refractivity contribution in [2.75, 3.05) is 26.9 Å². The lowest BCUT2D eigenvalue weighted by Gasteiger charge is -2.09. The summed E-state index contributed by atoms with van der Waals surface area (Å²) in [5.74, 6) is 2.32. The lowest BCUT2D eigenvalue weighted by atomic mass is 10.2. The lowest BCUT2D eigenvalue weighted by Crippen LogP contribution is -2.24. The SMILES string of the molecule is CCCCOc1ccc(OCC(=O)N/N=C/c2cc(OC)ccc2OCC)cc1. The van der Waals surface area contributed by atoms with Gasteiger partial charge in [0.15, 0.2) is 6.61 Å². The van der Waals surface area contributed by atoms with Crippen LogP contribution >= 0.6 is 0 Å². The maximum absolute atomic E-state index is 12.0. The van der Waals surface area contributed by atoms with Crippen molar-refractivity contribution < 1.29 is 23.7 Å². The predicted octanol–water partition coefficient (Wildman–Crippen LogP) is 3.80. The normalized spacial score (nSPS) is 10.6. The number of carbonyl (C=O) groups is 1. The van der Waals surface area contributed by atoms with Gasteiger partial charge in [0.05, 0.1) is 26.5 Å². The zero-order valence-corrected chi connectivity index (χ0v) is 17.1. The fraction of sp³-hybridized carbons (Fsp3) is 0.364. The number of rotatable bonds is 12. The summed E-state index contributed by atoms with van der Waals surface area (Å²) >= 11 is 0. The molecule has 0 spiro atoms. The monoisotopic (exact) mass is 400 g/mol. The Labute approximate surface area is 171 Å². The molecule has 0 heterocycles. The van der Waals surface area contributed by atoms with E-state index in [1.165, 1.54) is 6.21 Å². The molecule has 7 nitrogen and oxygen atoms in total. The van der Waals surface area contributed by atoms with E-state index in [-0.39, 0.29) is 12.5 Å². The van der Waals surface area contributed by atoms with Gasteiger partial charge in [0.1, 0.15) is 23.0 Å². The Kier molecular flexibility index (Phi) is 9.35. The summed E-state index contributed by atoms with van der Waals surface area (Å²) in [6.07, 6.45) is 3.61. The van der Waals surface area contributed by atoms with Crippen LogP contribution in [0.4, 0.5) is 0 Å². The highest BCUT2D eigenvalue weighted by Gasteiger charge is 2.05. The highest BCUT2D eigenvalue weighted by Crippen LogP contribution is 2.22. The first-order valence-electron chi connectivity index (χ1n) is 9.64. The van der Waals surface area contributed by atoms with Gasteiger partial charge in [0.25, 0.3) is 5.91 Å². The van der Waals surface area contributed by atoms with Crippen LogP contribution in [0.3, 0.4) is 0 Å². The maximum atomic E-state index is 12.0. The molecule has 156 valence electrons. The Morgan fingerprint density at radius 3 is 2.34 bits per heavy atom. The molecule has 0 aliphatic rings. The molecule has 0 saturated heterocycles. The predicted molar refractivity (Wildman–Crippen MR) is 112 cm³/mol. The Balaban J connectivity index is 1.82. The molecule has 0 fully saturated rings. The van der Waals surface area contributed by atoms with E-state index in [2.05, 4.69) is 17.5 Å². The Morgan fingerprint density at radius 2 is 1.69 bits per heavy atom. The van der Waals surface area contributed by atoms with E-state index in [0.29, 0.717) is 36.0 Å². The van der Waals surface area contributed by atoms with Crippen LogP contribution in [0.15, 0.2) is 47.6 Å². The maximum Gasteiger partial charge on any atom is 0.277 e. The van der Waals surface area contributed by atoms with Crippen LogP contribution in [0.5, 0.6) is 23.0 Å². The van der Waals surface area contributed by atoms with Gasteiger partial charge in [0.2, 0.25) is 0 Å². The molecule has 29 heavy (non-hydrogen) atoms. The summed E-state index contributed by atoms with van der Waals surface area (Å²) in [5, 5.41) is 3.97. The van der Waals surface area contributed by atoms with Crippen molar-refractivity contribution >= 4 is 12.1 Å². The first-order valence-corrected chi connectivity index (χ1v) is 9.64. The van der Waals surface area contributed by atoms with Crippen LogP contribution in [-0.2, 0) is 4.79 Å². The van der Waals surface area contributed by atoms with Gasteiger partial charge in [0, 0.05) is 5.56 Å². The van der Waals surface area contributed by atoms with Gasteiger partial charge < -0.3 is 18.9 Å². The third-order valence-corrected chi connectivity index (χ3v) is 3.87. The number of hydrazone groups is 1. The van der Waals surface area contributed by atoms with Gasteiger partial charge in [-0.15, -0.1) is 0 Å². The topological polar surface area (TPSA) is 78.4 Å². The van der Waals surface area contributed by atoms with Crippen molar-refractivity contribution in [3.05, 3.63) is 48.0 Å². The van der Waals surface area contributed by atoms with Crippen molar-refractivity contribution in [1.82, 2.24) is 5.43 Å². The zero-order valence-electron chi connectivity index (χ0n) is 17.1. The fourth-order valence-corrected chi connectivity index (χ4v) is 2.36. The molecule has 0 bridgehead atoms. The molecule has 2 rings (SSSR count). The van der Waals surface area contributed by atoms with Gasteiger partial charge in [-0.25, -0.2) is 5.43 Å². The molecule has 0 saturated carbocycles. The van der Waals surface area contributed by atoms with Gasteiger partial charge in [-0.1, -0.05) is 13.3 Å². The van der Waals surface area contributed by atoms with Crippen molar-refractivity contribution in [3.63, 3.8) is 0 Å². The van der Waals surface area contributed by atoms with E-state index in [1.54, 1.807) is 37.4 Å². The average molecular weight is 400 g/mol. The molecule has 2 aromatic carbocycles. The third kappa shape index (κ3) is 7.73. The fourth-order valence-electron chi connectivity index (χ4n) is 2.36. The molecule has 0 unspecified atom stereocenters. The molecule has 0 aliphatic heterocycles. The Morgan fingerprint density at radius 1 is 1.00 bits per heavy atom. The molecule has 1 N–H and O–H groups in total. The Bertz CT molecular complexity index is 790. The van der Waals surface area contributed by atoms with E-state index in [4.69, 9.17) is 18.9 Å². The molecule has 1 amide bonds. The van der Waals surface area contributed by atoms with Gasteiger partial charge >= 0.3 is 0 Å². The van der Waals surface area contributed by atoms with Crippen LogP contribution < -0.4 is 24.4 Å².